The van der Waals surface area contributed by atoms with Gasteiger partial charge in [-0.15, -0.1) is 0 Å². The van der Waals surface area contributed by atoms with E-state index in [1.54, 1.807) is 13.2 Å². The smallest absolute Gasteiger partial charge is 0.307 e. The molecule has 1 N–H and O–H groups in total. The second-order valence-corrected chi connectivity index (χ2v) is 12.3. The Balaban J connectivity index is 1.31. The number of hydrogen-bond acceptors (Lipinski definition) is 4. The molecule has 1 heterocycles. The molecule has 3 aliphatic carbocycles. The second kappa shape index (κ2) is 9.65. The standard InChI is InChI=1S/C33H36FNO4/c1-32(2)12-5-7-26(32)24-14-20(8-11-23(24)25-16-30(38-3)35-18-29(25)34)19-39-22-10-9-21-6-4-13-33(27(21)15-22)17-28(33)31(36)37/h8-11,14-16,18,26,28H,4-7,12-13,17,19H2,1-3H3,(H,36,37). The lowest BCUT2D eigenvalue weighted by Crippen LogP contribution is -2.21. The molecule has 0 saturated heterocycles. The van der Waals surface area contributed by atoms with E-state index >= 15 is 4.39 Å². The third kappa shape index (κ3) is 4.58. The number of aromatic nitrogens is 1. The molecule has 1 spiro atoms. The predicted molar refractivity (Wildman–Crippen MR) is 148 cm³/mol. The Hall–Kier alpha value is -3.41. The van der Waals surface area contributed by atoms with Gasteiger partial charge in [0.1, 0.15) is 18.2 Å². The average Bonchev–Trinajstić information content (AvgIpc) is 3.54. The normalized spacial score (nSPS) is 24.8. The largest absolute Gasteiger partial charge is 0.489 e. The molecule has 3 aromatic rings. The number of carbonyl (C=O) groups is 1. The minimum atomic E-state index is -0.695. The number of aryl methyl sites for hydroxylation is 1. The van der Waals surface area contributed by atoms with Crippen LogP contribution in [0.25, 0.3) is 11.1 Å². The first-order chi connectivity index (χ1) is 18.7. The third-order valence-electron chi connectivity index (χ3n) is 9.54. The van der Waals surface area contributed by atoms with Crippen LogP contribution in [0.5, 0.6) is 11.6 Å². The number of aliphatic carboxylic acids is 1. The molecule has 0 aliphatic heterocycles. The number of benzene rings is 2. The third-order valence-corrected chi connectivity index (χ3v) is 9.54. The van der Waals surface area contributed by atoms with Crippen molar-refractivity contribution in [2.24, 2.45) is 11.3 Å². The molecule has 5 nitrogen and oxygen atoms in total. The van der Waals surface area contributed by atoms with Crippen LogP contribution in [0.15, 0.2) is 48.7 Å². The molecular formula is C33H36FNO4. The summed E-state index contributed by atoms with van der Waals surface area (Å²) in [4.78, 5) is 15.8. The van der Waals surface area contributed by atoms with E-state index in [1.807, 2.05) is 18.2 Å². The van der Waals surface area contributed by atoms with Crippen LogP contribution in [0.2, 0.25) is 0 Å². The summed E-state index contributed by atoms with van der Waals surface area (Å²) >= 11 is 0. The van der Waals surface area contributed by atoms with Crippen LogP contribution in [0, 0.1) is 17.2 Å². The van der Waals surface area contributed by atoms with Crippen molar-refractivity contribution in [3.05, 3.63) is 76.7 Å². The Labute approximate surface area is 229 Å². The number of carboxylic acid groups (broad SMARTS) is 1. The van der Waals surface area contributed by atoms with E-state index in [2.05, 4.69) is 37.0 Å². The molecule has 39 heavy (non-hydrogen) atoms. The summed E-state index contributed by atoms with van der Waals surface area (Å²) < 4.78 is 26.6. The lowest BCUT2D eigenvalue weighted by Gasteiger charge is -2.30. The van der Waals surface area contributed by atoms with Gasteiger partial charge in [-0.2, -0.15) is 0 Å². The van der Waals surface area contributed by atoms with E-state index in [0.717, 1.165) is 72.9 Å². The zero-order valence-corrected chi connectivity index (χ0v) is 22.9. The number of hydrogen-bond donors (Lipinski definition) is 1. The molecule has 6 heteroatoms. The highest BCUT2D eigenvalue weighted by Crippen LogP contribution is 2.61. The van der Waals surface area contributed by atoms with E-state index in [-0.39, 0.29) is 22.6 Å². The minimum Gasteiger partial charge on any atom is -0.489 e. The Bertz CT molecular complexity index is 1430. The molecule has 1 aromatic heterocycles. The highest BCUT2D eigenvalue weighted by Gasteiger charge is 2.60. The molecule has 0 radical (unpaired) electrons. The fraction of sp³-hybridized carbons (Fsp3) is 0.455. The summed E-state index contributed by atoms with van der Waals surface area (Å²) in [5.74, 6) is 0.116. The molecule has 3 unspecified atom stereocenters. The van der Waals surface area contributed by atoms with E-state index in [1.165, 1.54) is 11.8 Å². The van der Waals surface area contributed by atoms with Gasteiger partial charge in [0.2, 0.25) is 5.88 Å². The molecule has 3 atom stereocenters. The van der Waals surface area contributed by atoms with E-state index in [0.29, 0.717) is 24.0 Å². The van der Waals surface area contributed by atoms with Crippen LogP contribution in [0.3, 0.4) is 0 Å². The highest BCUT2D eigenvalue weighted by atomic mass is 19.1. The number of rotatable bonds is 7. The van der Waals surface area contributed by atoms with Crippen molar-refractivity contribution in [1.82, 2.24) is 4.98 Å². The molecule has 2 fully saturated rings. The van der Waals surface area contributed by atoms with Gasteiger partial charge in [0.15, 0.2) is 0 Å². The Kier molecular flexibility index (Phi) is 6.40. The fourth-order valence-electron chi connectivity index (χ4n) is 7.30. The Morgan fingerprint density at radius 2 is 1.95 bits per heavy atom. The maximum absolute atomic E-state index is 15.0. The number of methoxy groups -OCH3 is 1. The topological polar surface area (TPSA) is 68.7 Å². The fourth-order valence-corrected chi connectivity index (χ4v) is 7.30. The van der Waals surface area contributed by atoms with Gasteiger partial charge in [-0.1, -0.05) is 44.5 Å². The highest BCUT2D eigenvalue weighted by molar-refractivity contribution is 5.78. The first-order valence-electron chi connectivity index (χ1n) is 14.0. The molecule has 6 rings (SSSR count). The first-order valence-corrected chi connectivity index (χ1v) is 14.0. The van der Waals surface area contributed by atoms with Crippen molar-refractivity contribution in [2.75, 3.05) is 7.11 Å². The molecule has 2 aromatic carbocycles. The maximum atomic E-state index is 15.0. The summed E-state index contributed by atoms with van der Waals surface area (Å²) in [7, 11) is 1.54. The van der Waals surface area contributed by atoms with Crippen LogP contribution in [-0.4, -0.2) is 23.2 Å². The number of carboxylic acids is 1. The van der Waals surface area contributed by atoms with Crippen LogP contribution in [0.4, 0.5) is 4.39 Å². The Morgan fingerprint density at radius 3 is 2.67 bits per heavy atom. The van der Waals surface area contributed by atoms with Crippen molar-refractivity contribution in [1.29, 1.82) is 0 Å². The maximum Gasteiger partial charge on any atom is 0.307 e. The number of pyridine rings is 1. The summed E-state index contributed by atoms with van der Waals surface area (Å²) in [6, 6.07) is 14.1. The number of nitrogens with zero attached hydrogens (tertiary/aromatic N) is 1. The van der Waals surface area contributed by atoms with Crippen molar-refractivity contribution >= 4 is 5.97 Å². The van der Waals surface area contributed by atoms with Gasteiger partial charge in [-0.05, 0) is 89.8 Å². The van der Waals surface area contributed by atoms with Crippen LogP contribution < -0.4 is 9.47 Å². The average molecular weight is 530 g/mol. The van der Waals surface area contributed by atoms with Crippen molar-refractivity contribution < 1.29 is 23.8 Å². The van der Waals surface area contributed by atoms with Gasteiger partial charge in [0.05, 0.1) is 19.2 Å². The zero-order chi connectivity index (χ0) is 27.4. The lowest BCUT2D eigenvalue weighted by molar-refractivity contribution is -0.139. The van der Waals surface area contributed by atoms with Crippen molar-refractivity contribution in [2.45, 2.75) is 76.7 Å². The van der Waals surface area contributed by atoms with Gasteiger partial charge in [-0.3, -0.25) is 4.79 Å². The van der Waals surface area contributed by atoms with Gasteiger partial charge in [-0.25, -0.2) is 9.37 Å². The quantitative estimate of drug-likeness (QED) is 0.344. The molecule has 204 valence electrons. The van der Waals surface area contributed by atoms with Crippen LogP contribution in [-0.2, 0) is 23.2 Å². The Morgan fingerprint density at radius 1 is 1.10 bits per heavy atom. The van der Waals surface area contributed by atoms with Gasteiger partial charge in [0, 0.05) is 17.0 Å². The lowest BCUT2D eigenvalue weighted by atomic mass is 9.75. The number of halogens is 1. The summed E-state index contributed by atoms with van der Waals surface area (Å²) in [5.41, 5.74) is 5.84. The van der Waals surface area contributed by atoms with Crippen molar-refractivity contribution in [3.63, 3.8) is 0 Å². The van der Waals surface area contributed by atoms with Gasteiger partial charge in [0.25, 0.3) is 0 Å². The summed E-state index contributed by atoms with van der Waals surface area (Å²) in [5, 5.41) is 9.66. The van der Waals surface area contributed by atoms with Gasteiger partial charge >= 0.3 is 5.97 Å². The zero-order valence-electron chi connectivity index (χ0n) is 22.9. The van der Waals surface area contributed by atoms with E-state index in [4.69, 9.17) is 9.47 Å². The van der Waals surface area contributed by atoms with Crippen molar-refractivity contribution in [3.8, 4) is 22.8 Å². The first kappa shape index (κ1) is 25.8. The molecule has 2 saturated carbocycles. The van der Waals surface area contributed by atoms with Crippen LogP contribution >= 0.6 is 0 Å². The summed E-state index contributed by atoms with van der Waals surface area (Å²) in [6.07, 6.45) is 8.24. The summed E-state index contributed by atoms with van der Waals surface area (Å²) in [6.45, 7) is 4.98. The molecule has 0 bridgehead atoms. The number of ether oxygens (including phenoxy) is 2. The van der Waals surface area contributed by atoms with Gasteiger partial charge < -0.3 is 14.6 Å². The number of fused-ring (bicyclic) bond motifs is 2. The van der Waals surface area contributed by atoms with E-state index < -0.39 is 5.97 Å². The molecule has 3 aliphatic rings. The SMILES string of the molecule is COc1cc(-c2ccc(COc3ccc4c(c3)C3(CCC4)CC3C(=O)O)cc2C2CCCC2(C)C)c(F)cn1. The second-order valence-electron chi connectivity index (χ2n) is 12.3. The monoisotopic (exact) mass is 529 g/mol. The predicted octanol–water partition coefficient (Wildman–Crippen LogP) is 7.45. The minimum absolute atomic E-state index is 0.111. The van der Waals surface area contributed by atoms with E-state index in [9.17, 15) is 9.90 Å². The molecule has 0 amide bonds. The van der Waals surface area contributed by atoms with Crippen LogP contribution in [0.1, 0.15) is 80.5 Å². The molecular weight excluding hydrogens is 493 g/mol.